The Morgan fingerprint density at radius 2 is 1.66 bits per heavy atom. The molecule has 2 aromatic heterocycles. The second-order valence-electron chi connectivity index (χ2n) is 8.26. The van der Waals surface area contributed by atoms with Gasteiger partial charge in [-0.3, -0.25) is 9.69 Å². The summed E-state index contributed by atoms with van der Waals surface area (Å²) in [5.41, 5.74) is -0.119. The Morgan fingerprint density at radius 3 is 2.21 bits per heavy atom. The molecule has 6 nitrogen and oxygen atoms in total. The van der Waals surface area contributed by atoms with E-state index in [1.54, 1.807) is 12.1 Å². The van der Waals surface area contributed by atoms with Gasteiger partial charge >= 0.3 is 6.18 Å². The van der Waals surface area contributed by atoms with E-state index in [1.807, 2.05) is 4.90 Å². The molecule has 1 aliphatic heterocycles. The topological polar surface area (TPSA) is 54.3 Å². The fraction of sp³-hybridized carbons (Fsp3) is 0.550. The van der Waals surface area contributed by atoms with Gasteiger partial charge in [0.1, 0.15) is 5.82 Å². The average Bonchev–Trinajstić information content (AvgIpc) is 2.66. The molecule has 0 N–H and O–H groups in total. The van der Waals surface area contributed by atoms with E-state index >= 15 is 0 Å². The van der Waals surface area contributed by atoms with E-state index in [4.69, 9.17) is 0 Å². The predicted molar refractivity (Wildman–Crippen MR) is 105 cm³/mol. The second-order valence-corrected chi connectivity index (χ2v) is 8.26. The number of alkyl halides is 3. The zero-order valence-corrected chi connectivity index (χ0v) is 16.9. The summed E-state index contributed by atoms with van der Waals surface area (Å²) in [5.74, 6) is 0.549. The van der Waals surface area contributed by atoms with Crippen LogP contribution in [0.2, 0.25) is 0 Å². The third-order valence-electron chi connectivity index (χ3n) is 5.03. The fourth-order valence-corrected chi connectivity index (χ4v) is 3.19. The molecule has 0 aliphatic carbocycles. The quantitative estimate of drug-likeness (QED) is 0.777. The van der Waals surface area contributed by atoms with Gasteiger partial charge in [-0.05, 0) is 18.2 Å². The van der Waals surface area contributed by atoms with E-state index in [0.717, 1.165) is 31.0 Å². The molecule has 2 aromatic rings. The lowest BCUT2D eigenvalue weighted by atomic mass is 9.92. The van der Waals surface area contributed by atoms with Crippen molar-refractivity contribution in [3.8, 4) is 0 Å². The Bertz CT molecular complexity index is 879. The highest BCUT2D eigenvalue weighted by molar-refractivity contribution is 5.40. The minimum Gasteiger partial charge on any atom is -0.354 e. The highest BCUT2D eigenvalue weighted by atomic mass is 19.4. The van der Waals surface area contributed by atoms with Crippen molar-refractivity contribution in [2.24, 2.45) is 0 Å². The first-order valence-corrected chi connectivity index (χ1v) is 9.63. The molecule has 29 heavy (non-hydrogen) atoms. The first kappa shape index (κ1) is 21.3. The van der Waals surface area contributed by atoms with E-state index in [9.17, 15) is 18.0 Å². The highest BCUT2D eigenvalue weighted by Gasteiger charge is 2.31. The number of hydrogen-bond acceptors (Lipinski definition) is 5. The predicted octanol–water partition coefficient (Wildman–Crippen LogP) is 2.78. The van der Waals surface area contributed by atoms with Gasteiger partial charge in [-0.25, -0.2) is 9.67 Å². The first-order valence-electron chi connectivity index (χ1n) is 9.63. The van der Waals surface area contributed by atoms with Gasteiger partial charge in [-0.2, -0.15) is 18.3 Å². The summed E-state index contributed by atoms with van der Waals surface area (Å²) in [5, 5.41) is 4.48. The molecule has 0 unspecified atom stereocenters. The molecule has 0 amide bonds. The lowest BCUT2D eigenvalue weighted by Crippen LogP contribution is -2.48. The van der Waals surface area contributed by atoms with Crippen LogP contribution in [-0.4, -0.2) is 52.4 Å². The van der Waals surface area contributed by atoms with Crippen LogP contribution in [0.25, 0.3) is 0 Å². The van der Waals surface area contributed by atoms with Gasteiger partial charge in [-0.15, -0.1) is 0 Å². The monoisotopic (exact) mass is 409 g/mol. The molecule has 1 saturated heterocycles. The summed E-state index contributed by atoms with van der Waals surface area (Å²) >= 11 is 0. The smallest absolute Gasteiger partial charge is 0.354 e. The van der Waals surface area contributed by atoms with Crippen molar-refractivity contribution in [2.75, 3.05) is 37.6 Å². The minimum atomic E-state index is -4.37. The molecular formula is C20H26F3N5O. The Kier molecular flexibility index (Phi) is 5.97. The van der Waals surface area contributed by atoms with Crippen molar-refractivity contribution >= 4 is 5.82 Å². The molecule has 0 spiro atoms. The van der Waals surface area contributed by atoms with Crippen LogP contribution >= 0.6 is 0 Å². The third kappa shape index (κ3) is 5.35. The number of anilines is 1. The van der Waals surface area contributed by atoms with Crippen molar-refractivity contribution in [1.82, 2.24) is 19.7 Å². The fourth-order valence-electron chi connectivity index (χ4n) is 3.19. The second kappa shape index (κ2) is 8.14. The summed E-state index contributed by atoms with van der Waals surface area (Å²) in [4.78, 5) is 20.2. The molecule has 3 rings (SSSR count). The molecule has 158 valence electrons. The van der Waals surface area contributed by atoms with E-state index in [2.05, 4.69) is 35.8 Å². The van der Waals surface area contributed by atoms with Crippen molar-refractivity contribution in [2.45, 2.75) is 38.9 Å². The summed E-state index contributed by atoms with van der Waals surface area (Å²) < 4.78 is 39.5. The number of pyridine rings is 1. The van der Waals surface area contributed by atoms with Gasteiger partial charge in [0.15, 0.2) is 0 Å². The van der Waals surface area contributed by atoms with Crippen molar-refractivity contribution in [1.29, 1.82) is 0 Å². The summed E-state index contributed by atoms with van der Waals surface area (Å²) in [6.07, 6.45) is -3.50. The van der Waals surface area contributed by atoms with Gasteiger partial charge < -0.3 is 4.90 Å². The lowest BCUT2D eigenvalue weighted by molar-refractivity contribution is -0.137. The van der Waals surface area contributed by atoms with Crippen LogP contribution in [0, 0.1) is 0 Å². The van der Waals surface area contributed by atoms with Gasteiger partial charge in [0, 0.05) is 50.4 Å². The minimum absolute atomic E-state index is 0.120. The zero-order valence-electron chi connectivity index (χ0n) is 16.9. The lowest BCUT2D eigenvalue weighted by Gasteiger charge is -2.35. The molecule has 0 aromatic carbocycles. The maximum atomic E-state index is 12.7. The van der Waals surface area contributed by atoms with Crippen LogP contribution in [0.5, 0.6) is 0 Å². The van der Waals surface area contributed by atoms with Crippen molar-refractivity contribution in [3.63, 3.8) is 0 Å². The Balaban J connectivity index is 1.55. The van der Waals surface area contributed by atoms with Gasteiger partial charge in [0.05, 0.1) is 17.8 Å². The van der Waals surface area contributed by atoms with Crippen molar-refractivity contribution in [3.05, 3.63) is 52.1 Å². The first-order chi connectivity index (χ1) is 13.5. The molecule has 9 heteroatoms. The van der Waals surface area contributed by atoms with Crippen LogP contribution < -0.4 is 10.5 Å². The maximum absolute atomic E-state index is 12.7. The normalized spacial score (nSPS) is 16.3. The van der Waals surface area contributed by atoms with Gasteiger partial charge in [0.2, 0.25) is 0 Å². The molecule has 1 aliphatic rings. The van der Waals surface area contributed by atoms with Crippen LogP contribution in [0.15, 0.2) is 35.3 Å². The van der Waals surface area contributed by atoms with E-state index < -0.39 is 11.7 Å². The number of piperazine rings is 1. The Hall–Kier alpha value is -2.42. The Labute approximate surface area is 168 Å². The van der Waals surface area contributed by atoms with Crippen molar-refractivity contribution < 1.29 is 13.2 Å². The number of nitrogens with zero attached hydrogens (tertiary/aromatic N) is 5. The molecule has 0 bridgehead atoms. The number of rotatable bonds is 4. The number of hydrogen-bond donors (Lipinski definition) is 0. The Morgan fingerprint density at radius 1 is 0.966 bits per heavy atom. The molecule has 1 fully saturated rings. The largest absolute Gasteiger partial charge is 0.417 e. The highest BCUT2D eigenvalue weighted by Crippen LogP contribution is 2.29. The standard InChI is InChI=1S/C20H26F3N5O/c1-19(2,3)16-5-7-18(29)28(25-16)13-10-26-8-11-27(12-9-26)17-6-4-15(14-24-17)20(21,22)23/h4-7,14H,8-13H2,1-3H3. The molecular weight excluding hydrogens is 383 g/mol. The summed E-state index contributed by atoms with van der Waals surface area (Å²) in [7, 11) is 0. The van der Waals surface area contributed by atoms with Gasteiger partial charge in [0.25, 0.3) is 5.56 Å². The van der Waals surface area contributed by atoms with E-state index in [1.165, 1.54) is 10.7 Å². The van der Waals surface area contributed by atoms with Crippen LogP contribution in [0.4, 0.5) is 19.0 Å². The molecule has 0 saturated carbocycles. The summed E-state index contributed by atoms with van der Waals surface area (Å²) in [6, 6.07) is 5.81. The zero-order chi connectivity index (χ0) is 21.2. The maximum Gasteiger partial charge on any atom is 0.417 e. The SMILES string of the molecule is CC(C)(C)c1ccc(=O)n(CCN2CCN(c3ccc(C(F)(F)F)cn3)CC2)n1. The third-order valence-corrected chi connectivity index (χ3v) is 5.03. The van der Waals surface area contributed by atoms with Crippen LogP contribution in [-0.2, 0) is 18.1 Å². The van der Waals surface area contributed by atoms with Gasteiger partial charge in [-0.1, -0.05) is 20.8 Å². The molecule has 0 atom stereocenters. The van der Waals surface area contributed by atoms with E-state index in [0.29, 0.717) is 32.0 Å². The number of halogens is 3. The molecule has 0 radical (unpaired) electrons. The van der Waals surface area contributed by atoms with E-state index in [-0.39, 0.29) is 11.0 Å². The number of aromatic nitrogens is 3. The van der Waals surface area contributed by atoms with Crippen LogP contribution in [0.1, 0.15) is 32.0 Å². The average molecular weight is 409 g/mol. The summed E-state index contributed by atoms with van der Waals surface area (Å²) in [6.45, 7) is 10.2. The molecule has 3 heterocycles. The van der Waals surface area contributed by atoms with Crippen LogP contribution in [0.3, 0.4) is 0 Å².